The van der Waals surface area contributed by atoms with Crippen LogP contribution < -0.4 is 5.73 Å². The van der Waals surface area contributed by atoms with E-state index in [0.717, 1.165) is 17.9 Å². The van der Waals surface area contributed by atoms with Crippen molar-refractivity contribution in [2.24, 2.45) is 17.6 Å². The summed E-state index contributed by atoms with van der Waals surface area (Å²) in [6.45, 7) is 5.17. The van der Waals surface area contributed by atoms with Gasteiger partial charge in [-0.15, -0.1) is 0 Å². The molecule has 0 amide bonds. The average molecular weight is 223 g/mol. The van der Waals surface area contributed by atoms with E-state index in [1.807, 2.05) is 0 Å². The van der Waals surface area contributed by atoms with Crippen LogP contribution in [0.2, 0.25) is 0 Å². The number of nitrogens with two attached hydrogens (primary N) is 1. The zero-order chi connectivity index (χ0) is 11.1. The Morgan fingerprint density at radius 1 is 1.06 bits per heavy atom. The Labute approximate surface area is 99.0 Å². The van der Waals surface area contributed by atoms with E-state index in [1.165, 1.54) is 51.9 Å². The Morgan fingerprint density at radius 3 is 2.62 bits per heavy atom. The molecule has 4 unspecified atom stereocenters. The third-order valence-electron chi connectivity index (χ3n) is 5.07. The van der Waals surface area contributed by atoms with Gasteiger partial charge in [-0.2, -0.15) is 0 Å². The number of fused-ring (bicyclic) bond motifs is 1. The lowest BCUT2D eigenvalue weighted by molar-refractivity contribution is 0.229. The molecular weight excluding hydrogens is 198 g/mol. The molecular formula is C13H25N3. The molecule has 3 rings (SSSR count). The number of rotatable bonds is 1. The highest BCUT2D eigenvalue weighted by molar-refractivity contribution is 4.96. The summed E-state index contributed by atoms with van der Waals surface area (Å²) < 4.78 is 0. The standard InChI is InChI=1S/C13H25N3/c1-15-6-5-11(8-15)16-7-10-3-2-4-13(14)12(10)9-16/h10-13H,2-9,14H2,1H3. The van der Waals surface area contributed by atoms with Gasteiger partial charge in [-0.1, -0.05) is 6.42 Å². The van der Waals surface area contributed by atoms with Crippen molar-refractivity contribution in [3.05, 3.63) is 0 Å². The molecule has 3 fully saturated rings. The highest BCUT2D eigenvalue weighted by Crippen LogP contribution is 2.37. The van der Waals surface area contributed by atoms with Crippen molar-refractivity contribution in [2.45, 2.75) is 37.8 Å². The summed E-state index contributed by atoms with van der Waals surface area (Å²) in [7, 11) is 2.24. The topological polar surface area (TPSA) is 32.5 Å². The van der Waals surface area contributed by atoms with Gasteiger partial charge in [0.2, 0.25) is 0 Å². The molecule has 0 aromatic heterocycles. The molecule has 0 radical (unpaired) electrons. The van der Waals surface area contributed by atoms with Crippen LogP contribution >= 0.6 is 0 Å². The van der Waals surface area contributed by atoms with Gasteiger partial charge in [0.25, 0.3) is 0 Å². The summed E-state index contributed by atoms with van der Waals surface area (Å²) >= 11 is 0. The summed E-state index contributed by atoms with van der Waals surface area (Å²) in [6.07, 6.45) is 5.42. The molecule has 2 N–H and O–H groups in total. The molecule has 0 aromatic rings. The van der Waals surface area contributed by atoms with Gasteiger partial charge in [0.15, 0.2) is 0 Å². The van der Waals surface area contributed by atoms with Crippen LogP contribution in [0.1, 0.15) is 25.7 Å². The fourth-order valence-corrected chi connectivity index (χ4v) is 4.06. The van der Waals surface area contributed by atoms with Crippen LogP contribution in [0, 0.1) is 11.8 Å². The molecule has 2 heterocycles. The smallest absolute Gasteiger partial charge is 0.0235 e. The van der Waals surface area contributed by atoms with E-state index in [2.05, 4.69) is 16.8 Å². The van der Waals surface area contributed by atoms with Crippen molar-refractivity contribution < 1.29 is 0 Å². The Kier molecular flexibility index (Phi) is 2.94. The maximum atomic E-state index is 6.27. The van der Waals surface area contributed by atoms with Gasteiger partial charge in [0.1, 0.15) is 0 Å². The van der Waals surface area contributed by atoms with Gasteiger partial charge in [-0.25, -0.2) is 0 Å². The van der Waals surface area contributed by atoms with Crippen LogP contribution in [0.5, 0.6) is 0 Å². The molecule has 3 nitrogen and oxygen atoms in total. The first-order chi connectivity index (χ1) is 7.74. The first-order valence-electron chi connectivity index (χ1n) is 6.92. The van der Waals surface area contributed by atoms with Crippen molar-refractivity contribution in [1.82, 2.24) is 9.80 Å². The molecule has 92 valence electrons. The summed E-state index contributed by atoms with van der Waals surface area (Å²) in [6, 6.07) is 1.31. The van der Waals surface area contributed by atoms with Crippen LogP contribution in [-0.4, -0.2) is 55.1 Å². The van der Waals surface area contributed by atoms with Crippen LogP contribution in [0.4, 0.5) is 0 Å². The molecule has 0 spiro atoms. The number of hydrogen-bond acceptors (Lipinski definition) is 3. The molecule has 3 heteroatoms. The van der Waals surface area contributed by atoms with Gasteiger partial charge in [-0.05, 0) is 44.7 Å². The van der Waals surface area contributed by atoms with E-state index in [4.69, 9.17) is 5.73 Å². The van der Waals surface area contributed by atoms with Crippen molar-refractivity contribution in [1.29, 1.82) is 0 Å². The lowest BCUT2D eigenvalue weighted by Gasteiger charge is -2.30. The Hall–Kier alpha value is -0.120. The fraction of sp³-hybridized carbons (Fsp3) is 1.00. The second-order valence-electron chi connectivity index (χ2n) is 6.18. The van der Waals surface area contributed by atoms with Gasteiger partial charge in [-0.3, -0.25) is 4.90 Å². The average Bonchev–Trinajstić information content (AvgIpc) is 2.84. The summed E-state index contributed by atoms with van der Waals surface area (Å²) in [5, 5.41) is 0. The minimum Gasteiger partial charge on any atom is -0.327 e. The van der Waals surface area contributed by atoms with Crippen molar-refractivity contribution >= 4 is 0 Å². The molecule has 0 aromatic carbocycles. The minimum absolute atomic E-state index is 0.489. The Bertz CT molecular complexity index is 256. The van der Waals surface area contributed by atoms with Gasteiger partial charge < -0.3 is 10.6 Å². The van der Waals surface area contributed by atoms with Crippen molar-refractivity contribution in [2.75, 3.05) is 33.2 Å². The van der Waals surface area contributed by atoms with Crippen LogP contribution in [0.3, 0.4) is 0 Å². The van der Waals surface area contributed by atoms with Gasteiger partial charge in [0, 0.05) is 31.7 Å². The molecule has 3 aliphatic rings. The summed E-state index contributed by atoms with van der Waals surface area (Å²) in [5.74, 6) is 1.72. The van der Waals surface area contributed by atoms with E-state index < -0.39 is 0 Å². The van der Waals surface area contributed by atoms with E-state index in [0.29, 0.717) is 6.04 Å². The number of hydrogen-bond donors (Lipinski definition) is 1. The van der Waals surface area contributed by atoms with Crippen LogP contribution in [-0.2, 0) is 0 Å². The molecule has 1 aliphatic carbocycles. The van der Waals surface area contributed by atoms with Gasteiger partial charge in [0.05, 0.1) is 0 Å². The Morgan fingerprint density at radius 2 is 1.94 bits per heavy atom. The highest BCUT2D eigenvalue weighted by Gasteiger charge is 2.41. The van der Waals surface area contributed by atoms with E-state index >= 15 is 0 Å². The first kappa shape index (κ1) is 11.0. The van der Waals surface area contributed by atoms with Crippen LogP contribution in [0.15, 0.2) is 0 Å². The SMILES string of the molecule is CN1CCC(N2CC3CCCC(N)C3C2)C1. The van der Waals surface area contributed by atoms with E-state index in [9.17, 15) is 0 Å². The highest BCUT2D eigenvalue weighted by atomic mass is 15.3. The maximum absolute atomic E-state index is 6.27. The summed E-state index contributed by atoms with van der Waals surface area (Å²) in [5.41, 5.74) is 6.27. The largest absolute Gasteiger partial charge is 0.327 e. The van der Waals surface area contributed by atoms with E-state index in [1.54, 1.807) is 0 Å². The number of nitrogens with zero attached hydrogens (tertiary/aromatic N) is 2. The Balaban J connectivity index is 1.63. The van der Waals surface area contributed by atoms with E-state index in [-0.39, 0.29) is 0 Å². The maximum Gasteiger partial charge on any atom is 0.0235 e. The quantitative estimate of drug-likeness (QED) is 0.712. The minimum atomic E-state index is 0.489. The lowest BCUT2D eigenvalue weighted by atomic mass is 9.78. The molecule has 2 aliphatic heterocycles. The predicted octanol–water partition coefficient (Wildman–Crippen LogP) is 0.750. The third-order valence-corrected chi connectivity index (χ3v) is 5.07. The van der Waals surface area contributed by atoms with Crippen molar-refractivity contribution in [3.63, 3.8) is 0 Å². The van der Waals surface area contributed by atoms with Gasteiger partial charge >= 0.3 is 0 Å². The predicted molar refractivity (Wildman–Crippen MR) is 66.3 cm³/mol. The number of likely N-dealkylation sites (N-methyl/N-ethyl adjacent to an activating group) is 1. The normalized spacial score (nSPS) is 46.1. The molecule has 2 saturated heterocycles. The van der Waals surface area contributed by atoms with Crippen LogP contribution in [0.25, 0.3) is 0 Å². The third kappa shape index (κ3) is 1.89. The fourth-order valence-electron chi connectivity index (χ4n) is 4.06. The van der Waals surface area contributed by atoms with Crippen molar-refractivity contribution in [3.8, 4) is 0 Å². The molecule has 1 saturated carbocycles. The summed E-state index contributed by atoms with van der Waals surface area (Å²) in [4.78, 5) is 5.20. The lowest BCUT2D eigenvalue weighted by Crippen LogP contribution is -2.39. The zero-order valence-corrected chi connectivity index (χ0v) is 10.4. The molecule has 4 atom stereocenters. The first-order valence-corrected chi connectivity index (χ1v) is 6.92. The molecule has 16 heavy (non-hydrogen) atoms. The number of likely N-dealkylation sites (tertiary alicyclic amines) is 2. The second-order valence-corrected chi connectivity index (χ2v) is 6.18. The monoisotopic (exact) mass is 223 g/mol. The molecule has 0 bridgehead atoms. The second kappa shape index (κ2) is 4.28. The zero-order valence-electron chi connectivity index (χ0n) is 10.4.